The average molecular weight is 350 g/mol. The Morgan fingerprint density at radius 1 is 1.33 bits per heavy atom. The predicted molar refractivity (Wildman–Crippen MR) is 88.2 cm³/mol. The normalized spacial score (nSPS) is 11.8. The van der Waals surface area contributed by atoms with E-state index in [1.807, 2.05) is 0 Å². The quantitative estimate of drug-likeness (QED) is 0.599. The van der Waals surface area contributed by atoms with Gasteiger partial charge in [-0.2, -0.15) is 11.8 Å². The summed E-state index contributed by atoms with van der Waals surface area (Å²) in [6.07, 6.45) is 0.320. The van der Waals surface area contributed by atoms with Gasteiger partial charge in [0.2, 0.25) is 5.91 Å². The van der Waals surface area contributed by atoms with Gasteiger partial charge in [-0.1, -0.05) is 36.2 Å². The first-order chi connectivity index (χ1) is 9.95. The van der Waals surface area contributed by atoms with Crippen LogP contribution in [0.1, 0.15) is 13.3 Å². The summed E-state index contributed by atoms with van der Waals surface area (Å²) in [4.78, 5) is 23.0. The van der Waals surface area contributed by atoms with E-state index >= 15 is 0 Å². The molecule has 0 aromatic heterocycles. The zero-order valence-electron chi connectivity index (χ0n) is 11.8. The van der Waals surface area contributed by atoms with Crippen molar-refractivity contribution in [2.45, 2.75) is 13.3 Å². The number of halogens is 2. The first-order valence-electron chi connectivity index (χ1n) is 6.35. The Kier molecular flexibility index (Phi) is 7.93. The first-order valence-corrected chi connectivity index (χ1v) is 8.26. The number of rotatable bonds is 7. The zero-order valence-corrected chi connectivity index (χ0v) is 14.1. The van der Waals surface area contributed by atoms with Crippen LogP contribution in [0.4, 0.5) is 5.69 Å². The Morgan fingerprint density at radius 3 is 2.52 bits per heavy atom. The fourth-order valence-electron chi connectivity index (χ4n) is 1.51. The van der Waals surface area contributed by atoms with Gasteiger partial charge >= 0.3 is 5.97 Å². The topological polar surface area (TPSA) is 55.4 Å². The second-order valence-corrected chi connectivity index (χ2v) is 6.36. The van der Waals surface area contributed by atoms with E-state index in [9.17, 15) is 9.59 Å². The molecule has 0 saturated carbocycles. The van der Waals surface area contributed by atoms with Gasteiger partial charge in [0.05, 0.1) is 28.8 Å². The summed E-state index contributed by atoms with van der Waals surface area (Å²) in [5.74, 6) is 0.640. The maximum atomic E-state index is 11.8. The lowest BCUT2D eigenvalue weighted by molar-refractivity contribution is -0.144. The number of carbonyl (C=O) groups excluding carboxylic acids is 2. The Bertz CT molecular complexity index is 491. The van der Waals surface area contributed by atoms with Crippen LogP contribution in [-0.4, -0.2) is 30.5 Å². The van der Waals surface area contributed by atoms with Crippen LogP contribution in [0.25, 0.3) is 0 Å². The maximum Gasteiger partial charge on any atom is 0.309 e. The second-order valence-electron chi connectivity index (χ2n) is 4.39. The number of amides is 1. The largest absolute Gasteiger partial charge is 0.469 e. The van der Waals surface area contributed by atoms with Crippen molar-refractivity contribution in [3.05, 3.63) is 28.2 Å². The molecule has 21 heavy (non-hydrogen) atoms. The third-order valence-electron chi connectivity index (χ3n) is 2.67. The van der Waals surface area contributed by atoms with E-state index in [1.165, 1.54) is 18.9 Å². The van der Waals surface area contributed by atoms with Crippen LogP contribution in [-0.2, 0) is 14.3 Å². The lowest BCUT2D eigenvalue weighted by Crippen LogP contribution is -2.16. The lowest BCUT2D eigenvalue weighted by atomic mass is 10.2. The molecule has 0 fully saturated rings. The van der Waals surface area contributed by atoms with Crippen LogP contribution in [0.5, 0.6) is 0 Å². The Balaban J connectivity index is 2.34. The molecule has 1 amide bonds. The van der Waals surface area contributed by atoms with Gasteiger partial charge in [-0.15, -0.1) is 0 Å². The molecule has 0 radical (unpaired) electrons. The molecule has 1 atom stereocenters. The number of carbonyl (C=O) groups is 2. The van der Waals surface area contributed by atoms with Crippen molar-refractivity contribution in [1.82, 2.24) is 0 Å². The molecule has 116 valence electrons. The maximum absolute atomic E-state index is 11.8. The molecular formula is C14H17Cl2NO3S. The van der Waals surface area contributed by atoms with Gasteiger partial charge < -0.3 is 10.1 Å². The Hall–Kier alpha value is -0.910. The summed E-state index contributed by atoms with van der Waals surface area (Å²) >= 11 is 13.5. The van der Waals surface area contributed by atoms with E-state index in [0.717, 1.165) is 0 Å². The molecule has 1 aromatic carbocycles. The molecule has 0 aliphatic carbocycles. The molecule has 0 spiro atoms. The predicted octanol–water partition coefficient (Wildman–Crippen LogP) is 3.86. The molecule has 1 unspecified atom stereocenters. The van der Waals surface area contributed by atoms with Crippen molar-refractivity contribution in [2.75, 3.05) is 23.9 Å². The number of hydrogen-bond acceptors (Lipinski definition) is 4. The van der Waals surface area contributed by atoms with E-state index in [1.54, 1.807) is 25.1 Å². The molecule has 0 heterocycles. The highest BCUT2D eigenvalue weighted by Crippen LogP contribution is 2.29. The molecule has 1 N–H and O–H groups in total. The minimum atomic E-state index is -0.241. The summed E-state index contributed by atoms with van der Waals surface area (Å²) in [6, 6.07) is 5.04. The number of methoxy groups -OCH3 is 1. The highest BCUT2D eigenvalue weighted by Gasteiger charge is 2.13. The van der Waals surface area contributed by atoms with E-state index in [-0.39, 0.29) is 17.8 Å². The number of para-hydroxylation sites is 1. The highest BCUT2D eigenvalue weighted by molar-refractivity contribution is 7.99. The van der Waals surface area contributed by atoms with Crippen molar-refractivity contribution < 1.29 is 14.3 Å². The third-order valence-corrected chi connectivity index (χ3v) is 4.53. The van der Waals surface area contributed by atoms with Crippen LogP contribution >= 0.6 is 35.0 Å². The van der Waals surface area contributed by atoms with Crippen molar-refractivity contribution in [2.24, 2.45) is 5.92 Å². The summed E-state index contributed by atoms with van der Waals surface area (Å²) in [7, 11) is 1.37. The summed E-state index contributed by atoms with van der Waals surface area (Å²) in [5.41, 5.74) is 0.429. The smallest absolute Gasteiger partial charge is 0.309 e. The number of thioether (sulfide) groups is 1. The summed E-state index contributed by atoms with van der Waals surface area (Å²) in [5, 5.41) is 3.50. The number of benzene rings is 1. The Labute approximate surface area is 138 Å². The minimum Gasteiger partial charge on any atom is -0.469 e. The number of anilines is 1. The van der Waals surface area contributed by atoms with E-state index in [4.69, 9.17) is 23.2 Å². The Morgan fingerprint density at radius 2 is 1.95 bits per heavy atom. The zero-order chi connectivity index (χ0) is 15.8. The first kappa shape index (κ1) is 18.1. The molecule has 0 bridgehead atoms. The van der Waals surface area contributed by atoms with Crippen LogP contribution in [0, 0.1) is 5.92 Å². The second kappa shape index (κ2) is 9.18. The van der Waals surface area contributed by atoms with Crippen LogP contribution in [0.3, 0.4) is 0 Å². The van der Waals surface area contributed by atoms with E-state index in [2.05, 4.69) is 10.1 Å². The van der Waals surface area contributed by atoms with E-state index in [0.29, 0.717) is 33.7 Å². The summed E-state index contributed by atoms with van der Waals surface area (Å²) in [6.45, 7) is 1.79. The molecule has 1 rings (SSSR count). The number of ether oxygens (including phenoxy) is 1. The van der Waals surface area contributed by atoms with Gasteiger partial charge in [-0.05, 0) is 12.1 Å². The average Bonchev–Trinajstić information content (AvgIpc) is 2.46. The number of esters is 1. The fraction of sp³-hybridized carbons (Fsp3) is 0.429. The van der Waals surface area contributed by atoms with Crippen LogP contribution < -0.4 is 5.32 Å². The molecule has 0 aliphatic rings. The standard InChI is InChI=1S/C14H17Cl2NO3S/c1-9(14(19)20-2)8-21-7-6-12(18)17-13-10(15)4-3-5-11(13)16/h3-5,9H,6-8H2,1-2H3,(H,17,18). The number of nitrogens with one attached hydrogen (secondary N) is 1. The van der Waals surface area contributed by atoms with Gasteiger partial charge in [-0.3, -0.25) is 9.59 Å². The van der Waals surface area contributed by atoms with Gasteiger partial charge in [-0.25, -0.2) is 0 Å². The minimum absolute atomic E-state index is 0.164. The van der Waals surface area contributed by atoms with Gasteiger partial charge in [0.15, 0.2) is 0 Å². The molecule has 7 heteroatoms. The van der Waals surface area contributed by atoms with Gasteiger partial charge in [0.25, 0.3) is 0 Å². The monoisotopic (exact) mass is 349 g/mol. The molecule has 0 aliphatic heterocycles. The van der Waals surface area contributed by atoms with Crippen molar-refractivity contribution in [1.29, 1.82) is 0 Å². The van der Waals surface area contributed by atoms with Crippen LogP contribution in [0.2, 0.25) is 10.0 Å². The molecule has 0 saturated heterocycles. The fourth-order valence-corrected chi connectivity index (χ4v) is 2.99. The molecule has 4 nitrogen and oxygen atoms in total. The van der Waals surface area contributed by atoms with Crippen molar-refractivity contribution >= 4 is 52.5 Å². The van der Waals surface area contributed by atoms with E-state index < -0.39 is 0 Å². The van der Waals surface area contributed by atoms with Gasteiger partial charge in [0, 0.05) is 17.9 Å². The van der Waals surface area contributed by atoms with Crippen LogP contribution in [0.15, 0.2) is 18.2 Å². The lowest BCUT2D eigenvalue weighted by Gasteiger charge is -2.10. The third kappa shape index (κ3) is 6.16. The SMILES string of the molecule is COC(=O)C(C)CSCCC(=O)Nc1c(Cl)cccc1Cl. The number of hydrogen-bond donors (Lipinski definition) is 1. The van der Waals surface area contributed by atoms with Crippen molar-refractivity contribution in [3.63, 3.8) is 0 Å². The van der Waals surface area contributed by atoms with Crippen molar-refractivity contribution in [3.8, 4) is 0 Å². The molecular weight excluding hydrogens is 333 g/mol. The highest BCUT2D eigenvalue weighted by atomic mass is 35.5. The summed E-state index contributed by atoms with van der Waals surface area (Å²) < 4.78 is 4.63. The molecule has 1 aromatic rings. The van der Waals surface area contributed by atoms with Gasteiger partial charge in [0.1, 0.15) is 0 Å².